The maximum Gasteiger partial charge on any atom is 0.407 e. The summed E-state index contributed by atoms with van der Waals surface area (Å²) in [5.74, 6) is 0. The van der Waals surface area contributed by atoms with E-state index in [4.69, 9.17) is 10.3 Å². The van der Waals surface area contributed by atoms with Gasteiger partial charge in [0.25, 0.3) is 0 Å². The SMILES string of the molecule is CC(C)(C)OC(=O)NC1CCN(c2ccccc2N=[N+]=[N-])CC1. The van der Waals surface area contributed by atoms with Crippen LogP contribution in [-0.2, 0) is 4.74 Å². The number of carbonyl (C=O) groups is 1. The van der Waals surface area contributed by atoms with Crippen LogP contribution < -0.4 is 10.2 Å². The maximum atomic E-state index is 11.8. The number of rotatable bonds is 3. The largest absolute Gasteiger partial charge is 0.444 e. The van der Waals surface area contributed by atoms with Gasteiger partial charge in [-0.15, -0.1) is 0 Å². The monoisotopic (exact) mass is 317 g/mol. The van der Waals surface area contributed by atoms with Gasteiger partial charge in [0.2, 0.25) is 0 Å². The van der Waals surface area contributed by atoms with Crippen molar-refractivity contribution < 1.29 is 9.53 Å². The van der Waals surface area contributed by atoms with Crippen molar-refractivity contribution in [3.8, 4) is 0 Å². The van der Waals surface area contributed by atoms with Gasteiger partial charge in [-0.05, 0) is 45.2 Å². The van der Waals surface area contributed by atoms with E-state index < -0.39 is 5.60 Å². The molecule has 7 heteroatoms. The van der Waals surface area contributed by atoms with Crippen molar-refractivity contribution in [2.75, 3.05) is 18.0 Å². The quantitative estimate of drug-likeness (QED) is 0.516. The number of benzene rings is 1. The van der Waals surface area contributed by atoms with Crippen molar-refractivity contribution in [1.29, 1.82) is 0 Å². The number of azide groups is 1. The molecular weight excluding hydrogens is 294 g/mol. The van der Waals surface area contributed by atoms with E-state index in [1.165, 1.54) is 0 Å². The normalized spacial score (nSPS) is 15.7. The van der Waals surface area contributed by atoms with Crippen LogP contribution in [0.25, 0.3) is 10.4 Å². The number of nitrogens with zero attached hydrogens (tertiary/aromatic N) is 4. The zero-order valence-electron chi connectivity index (χ0n) is 13.8. The summed E-state index contributed by atoms with van der Waals surface area (Å²) in [6.45, 7) is 7.13. The fourth-order valence-corrected chi connectivity index (χ4v) is 2.60. The molecule has 1 aliphatic heterocycles. The second kappa shape index (κ2) is 7.24. The van der Waals surface area contributed by atoms with Crippen LogP contribution in [0.4, 0.5) is 16.2 Å². The Hall–Kier alpha value is -2.40. The summed E-state index contributed by atoms with van der Waals surface area (Å²) in [5.41, 5.74) is 9.73. The van der Waals surface area contributed by atoms with E-state index in [0.717, 1.165) is 31.6 Å². The molecule has 1 heterocycles. The summed E-state index contributed by atoms with van der Waals surface area (Å²) < 4.78 is 5.28. The Kier molecular flexibility index (Phi) is 5.34. The molecule has 1 fully saturated rings. The number of ether oxygens (including phenoxy) is 1. The van der Waals surface area contributed by atoms with E-state index in [9.17, 15) is 4.79 Å². The lowest BCUT2D eigenvalue weighted by Crippen LogP contribution is -2.46. The second-order valence-corrected chi connectivity index (χ2v) is 6.59. The number of hydrogen-bond donors (Lipinski definition) is 1. The lowest BCUT2D eigenvalue weighted by atomic mass is 10.0. The lowest BCUT2D eigenvalue weighted by Gasteiger charge is -2.34. The van der Waals surface area contributed by atoms with E-state index in [0.29, 0.717) is 5.69 Å². The first kappa shape index (κ1) is 17.0. The molecule has 0 aliphatic carbocycles. The van der Waals surface area contributed by atoms with Crippen molar-refractivity contribution in [3.63, 3.8) is 0 Å². The fourth-order valence-electron chi connectivity index (χ4n) is 2.60. The molecule has 0 spiro atoms. The second-order valence-electron chi connectivity index (χ2n) is 6.59. The third-order valence-electron chi connectivity index (χ3n) is 3.59. The molecule has 1 N–H and O–H groups in total. The van der Waals surface area contributed by atoms with Gasteiger partial charge in [0.15, 0.2) is 0 Å². The predicted molar refractivity (Wildman–Crippen MR) is 89.9 cm³/mol. The summed E-state index contributed by atoms with van der Waals surface area (Å²) in [7, 11) is 0. The molecule has 1 amide bonds. The molecule has 1 saturated heterocycles. The summed E-state index contributed by atoms with van der Waals surface area (Å²) in [6, 6.07) is 7.64. The number of hydrogen-bond acceptors (Lipinski definition) is 4. The van der Waals surface area contributed by atoms with Crippen LogP contribution in [0.15, 0.2) is 29.4 Å². The van der Waals surface area contributed by atoms with Gasteiger partial charge in [0.05, 0.1) is 5.69 Å². The van der Waals surface area contributed by atoms with Crippen molar-refractivity contribution in [2.24, 2.45) is 5.11 Å². The molecule has 1 aromatic carbocycles. The smallest absolute Gasteiger partial charge is 0.407 e. The van der Waals surface area contributed by atoms with Gasteiger partial charge < -0.3 is 15.0 Å². The van der Waals surface area contributed by atoms with E-state index in [2.05, 4.69) is 20.2 Å². The molecule has 0 radical (unpaired) electrons. The Morgan fingerprint density at radius 3 is 2.61 bits per heavy atom. The van der Waals surface area contributed by atoms with E-state index in [1.807, 2.05) is 39.0 Å². The standard InChI is InChI=1S/C16H23N5O2/c1-16(2,3)23-15(22)18-12-8-10-21(11-9-12)14-7-5-4-6-13(14)19-20-17/h4-7,12H,8-11H2,1-3H3,(H,18,22). The fraction of sp³-hybridized carbons (Fsp3) is 0.562. The molecule has 2 rings (SSSR count). The van der Waals surface area contributed by atoms with Gasteiger partial charge in [-0.3, -0.25) is 0 Å². The Balaban J connectivity index is 1.92. The van der Waals surface area contributed by atoms with Crippen LogP contribution >= 0.6 is 0 Å². The number of anilines is 1. The highest BCUT2D eigenvalue weighted by molar-refractivity contribution is 5.69. The van der Waals surface area contributed by atoms with Gasteiger partial charge in [-0.25, -0.2) is 4.79 Å². The predicted octanol–water partition coefficient (Wildman–Crippen LogP) is 4.12. The van der Waals surface area contributed by atoms with E-state index in [1.54, 1.807) is 6.07 Å². The summed E-state index contributed by atoms with van der Waals surface area (Å²) >= 11 is 0. The van der Waals surface area contributed by atoms with Crippen molar-refractivity contribution in [2.45, 2.75) is 45.3 Å². The average Bonchev–Trinajstić information content (AvgIpc) is 2.47. The Bertz CT molecular complexity index is 597. The van der Waals surface area contributed by atoms with Gasteiger partial charge >= 0.3 is 6.09 Å². The summed E-state index contributed by atoms with van der Waals surface area (Å²) in [5, 5.41) is 6.66. The van der Waals surface area contributed by atoms with Crippen molar-refractivity contribution in [3.05, 3.63) is 34.7 Å². The number of alkyl carbamates (subject to hydrolysis) is 1. The van der Waals surface area contributed by atoms with E-state index >= 15 is 0 Å². The number of piperidine rings is 1. The van der Waals surface area contributed by atoms with Crippen LogP contribution in [0.5, 0.6) is 0 Å². The minimum absolute atomic E-state index is 0.104. The maximum absolute atomic E-state index is 11.8. The molecule has 0 unspecified atom stereocenters. The molecule has 0 atom stereocenters. The minimum atomic E-state index is -0.487. The molecule has 0 saturated carbocycles. The third-order valence-corrected chi connectivity index (χ3v) is 3.59. The van der Waals surface area contributed by atoms with Crippen molar-refractivity contribution >= 4 is 17.5 Å². The molecule has 124 valence electrons. The first-order valence-corrected chi connectivity index (χ1v) is 7.77. The zero-order valence-corrected chi connectivity index (χ0v) is 13.8. The molecule has 1 aromatic rings. The first-order chi connectivity index (χ1) is 10.9. The molecule has 23 heavy (non-hydrogen) atoms. The molecule has 0 bridgehead atoms. The summed E-state index contributed by atoms with van der Waals surface area (Å²) in [4.78, 5) is 16.9. The topological polar surface area (TPSA) is 90.3 Å². The van der Waals surface area contributed by atoms with Gasteiger partial charge in [0.1, 0.15) is 5.60 Å². The highest BCUT2D eigenvalue weighted by atomic mass is 16.6. The number of carbonyl (C=O) groups excluding carboxylic acids is 1. The Morgan fingerprint density at radius 1 is 1.35 bits per heavy atom. The van der Waals surface area contributed by atoms with Gasteiger partial charge in [-0.1, -0.05) is 23.3 Å². The molecular formula is C16H23N5O2. The van der Waals surface area contributed by atoms with E-state index in [-0.39, 0.29) is 12.1 Å². The highest BCUT2D eigenvalue weighted by Crippen LogP contribution is 2.30. The molecule has 7 nitrogen and oxygen atoms in total. The van der Waals surface area contributed by atoms with Crippen LogP contribution in [0, 0.1) is 0 Å². The van der Waals surface area contributed by atoms with Crippen molar-refractivity contribution in [1.82, 2.24) is 5.32 Å². The molecule has 0 aromatic heterocycles. The lowest BCUT2D eigenvalue weighted by molar-refractivity contribution is 0.0497. The van der Waals surface area contributed by atoms with Crippen LogP contribution in [0.2, 0.25) is 0 Å². The van der Waals surface area contributed by atoms with Crippen LogP contribution in [-0.4, -0.2) is 30.8 Å². The van der Waals surface area contributed by atoms with Gasteiger partial charge in [0, 0.05) is 29.7 Å². The third kappa shape index (κ3) is 5.07. The van der Waals surface area contributed by atoms with Gasteiger partial charge in [-0.2, -0.15) is 0 Å². The molecule has 1 aliphatic rings. The number of para-hydroxylation sites is 1. The summed E-state index contributed by atoms with van der Waals surface area (Å²) in [6.07, 6.45) is 1.28. The van der Waals surface area contributed by atoms with Crippen LogP contribution in [0.1, 0.15) is 33.6 Å². The Morgan fingerprint density at radius 2 is 2.00 bits per heavy atom. The Labute approximate surface area is 136 Å². The zero-order chi connectivity index (χ0) is 16.9. The highest BCUT2D eigenvalue weighted by Gasteiger charge is 2.24. The first-order valence-electron chi connectivity index (χ1n) is 7.77. The minimum Gasteiger partial charge on any atom is -0.444 e. The number of nitrogens with one attached hydrogen (secondary N) is 1. The average molecular weight is 317 g/mol. The van der Waals surface area contributed by atoms with Crippen LogP contribution in [0.3, 0.4) is 0 Å². The number of amides is 1.